The van der Waals surface area contributed by atoms with Gasteiger partial charge in [0, 0.05) is 19.3 Å². The van der Waals surface area contributed by atoms with Gasteiger partial charge in [0.15, 0.2) is 6.10 Å². The molecule has 0 N–H and O–H groups in total. The normalized spacial score (nSPS) is 13.9. The molecule has 0 bridgehead atoms. The van der Waals surface area contributed by atoms with Crippen LogP contribution in [0.2, 0.25) is 0 Å². The van der Waals surface area contributed by atoms with Gasteiger partial charge in [-0.2, -0.15) is 0 Å². The van der Waals surface area contributed by atoms with Crippen molar-refractivity contribution in [2.75, 3.05) is 41.0 Å². The van der Waals surface area contributed by atoms with Crippen molar-refractivity contribution < 1.29 is 38.2 Å². The Bertz CT molecular complexity index is 1120. The lowest BCUT2D eigenvalue weighted by atomic mass is 10.1. The Morgan fingerprint density at radius 2 is 1.10 bits per heavy atom. The standard InChI is InChI=1S/C44H71NO7/c1-6-8-10-12-14-15-16-17-18-19-20-21-22-23-24-25-26-27-29-31-33-35-43(47)52-40(38-50-37-36-41(44(48)49)45(3,4)5)39-51-42(46)34-32-30-28-13-11-9-7-2/h8,10,14-15,17-18,20-21,23-24,26-28,30,40-41H,6-7,9,11-13,16,19,22,25,29,31-39H2,1-5H3/b10-8+,15-14+,18-17+,21-20+,24-23+,27-26+,30-28+. The van der Waals surface area contributed by atoms with Gasteiger partial charge < -0.3 is 28.6 Å². The van der Waals surface area contributed by atoms with Crippen LogP contribution in [0.5, 0.6) is 0 Å². The molecule has 0 aromatic carbocycles. The number of carbonyl (C=O) groups is 3. The molecule has 0 aromatic heterocycles. The number of aliphatic carboxylic acids is 1. The molecular weight excluding hydrogens is 654 g/mol. The first-order valence-corrected chi connectivity index (χ1v) is 19.6. The highest BCUT2D eigenvalue weighted by Crippen LogP contribution is 2.10. The lowest BCUT2D eigenvalue weighted by Crippen LogP contribution is -2.55. The highest BCUT2D eigenvalue weighted by molar-refractivity contribution is 5.70. The summed E-state index contributed by atoms with van der Waals surface area (Å²) in [6.07, 6.45) is 43.6. The van der Waals surface area contributed by atoms with Gasteiger partial charge in [0.1, 0.15) is 12.6 Å². The number of nitrogens with zero attached hydrogens (tertiary/aromatic N) is 1. The van der Waals surface area contributed by atoms with Crippen LogP contribution in [0.1, 0.15) is 123 Å². The summed E-state index contributed by atoms with van der Waals surface area (Å²) in [7, 11) is 5.35. The van der Waals surface area contributed by atoms with Gasteiger partial charge in [-0.3, -0.25) is 9.59 Å². The minimum atomic E-state index is -1.14. The van der Waals surface area contributed by atoms with Crippen LogP contribution >= 0.6 is 0 Å². The van der Waals surface area contributed by atoms with E-state index in [-0.39, 0.29) is 55.5 Å². The van der Waals surface area contributed by atoms with Crippen molar-refractivity contribution in [3.63, 3.8) is 0 Å². The van der Waals surface area contributed by atoms with Crippen molar-refractivity contribution in [2.24, 2.45) is 0 Å². The van der Waals surface area contributed by atoms with E-state index in [2.05, 4.69) is 92.8 Å². The molecule has 8 nitrogen and oxygen atoms in total. The minimum absolute atomic E-state index is 0.00575. The summed E-state index contributed by atoms with van der Waals surface area (Å²) in [5.41, 5.74) is 0. The van der Waals surface area contributed by atoms with Crippen molar-refractivity contribution >= 4 is 17.9 Å². The van der Waals surface area contributed by atoms with Gasteiger partial charge in [0.05, 0.1) is 40.3 Å². The monoisotopic (exact) mass is 726 g/mol. The molecule has 294 valence electrons. The van der Waals surface area contributed by atoms with Gasteiger partial charge in [-0.15, -0.1) is 0 Å². The highest BCUT2D eigenvalue weighted by Gasteiger charge is 2.25. The molecule has 2 atom stereocenters. The molecule has 0 fully saturated rings. The number of likely N-dealkylation sites (N-methyl/N-ethyl adjacent to an activating group) is 1. The Morgan fingerprint density at radius 1 is 0.596 bits per heavy atom. The Hall–Kier alpha value is -3.49. The first kappa shape index (κ1) is 48.5. The number of rotatable bonds is 33. The van der Waals surface area contributed by atoms with E-state index in [1.54, 1.807) is 21.1 Å². The molecule has 0 aliphatic heterocycles. The van der Waals surface area contributed by atoms with Gasteiger partial charge in [-0.25, -0.2) is 0 Å². The van der Waals surface area contributed by atoms with Crippen molar-refractivity contribution in [1.82, 2.24) is 0 Å². The van der Waals surface area contributed by atoms with E-state index in [0.29, 0.717) is 12.8 Å². The Morgan fingerprint density at radius 3 is 1.62 bits per heavy atom. The lowest BCUT2D eigenvalue weighted by Gasteiger charge is -2.34. The zero-order chi connectivity index (χ0) is 38.5. The van der Waals surface area contributed by atoms with E-state index in [1.165, 1.54) is 12.8 Å². The number of carboxylic acid groups (broad SMARTS) is 1. The fraction of sp³-hybridized carbons (Fsp3) is 0.614. The van der Waals surface area contributed by atoms with E-state index in [1.807, 2.05) is 6.08 Å². The van der Waals surface area contributed by atoms with Crippen LogP contribution in [0.3, 0.4) is 0 Å². The second kappa shape index (κ2) is 34.6. The number of ether oxygens (including phenoxy) is 3. The number of hydrogen-bond acceptors (Lipinski definition) is 7. The molecule has 0 spiro atoms. The summed E-state index contributed by atoms with van der Waals surface area (Å²) in [5, 5.41) is 11.6. The van der Waals surface area contributed by atoms with Crippen molar-refractivity contribution in [3.05, 3.63) is 85.1 Å². The molecule has 0 saturated heterocycles. The third kappa shape index (κ3) is 32.4. The first-order valence-electron chi connectivity index (χ1n) is 19.6. The van der Waals surface area contributed by atoms with Crippen LogP contribution in [0, 0.1) is 0 Å². The average Bonchev–Trinajstić information content (AvgIpc) is 3.09. The van der Waals surface area contributed by atoms with Crippen LogP contribution < -0.4 is 5.11 Å². The third-order valence-electron chi connectivity index (χ3n) is 8.03. The predicted octanol–water partition coefficient (Wildman–Crippen LogP) is 8.85. The highest BCUT2D eigenvalue weighted by atomic mass is 16.6. The van der Waals surface area contributed by atoms with E-state index >= 15 is 0 Å². The largest absolute Gasteiger partial charge is 0.544 e. The van der Waals surface area contributed by atoms with Crippen LogP contribution in [0.15, 0.2) is 85.1 Å². The zero-order valence-corrected chi connectivity index (χ0v) is 33.2. The molecule has 0 aliphatic carbocycles. The number of quaternary nitrogens is 1. The SMILES string of the molecule is CC/C=C/C/C=C/C/C=C/C/C=C/C/C=C/C/C=C/CCCCC(=O)OC(COCCC(C(=O)[O-])[N+](C)(C)C)COC(=O)CC/C=C/CCCCC. The zero-order valence-electron chi connectivity index (χ0n) is 33.2. The van der Waals surface area contributed by atoms with Crippen LogP contribution in [0.4, 0.5) is 0 Å². The maximum Gasteiger partial charge on any atom is 0.306 e. The number of unbranched alkanes of at least 4 members (excludes halogenated alkanes) is 5. The molecular formula is C44H71NO7. The van der Waals surface area contributed by atoms with Crippen molar-refractivity contribution in [1.29, 1.82) is 0 Å². The molecule has 0 rings (SSSR count). The number of hydrogen-bond donors (Lipinski definition) is 0. The first-order chi connectivity index (χ1) is 25.1. The summed E-state index contributed by atoms with van der Waals surface area (Å²) in [4.78, 5) is 36.5. The molecule has 0 aromatic rings. The van der Waals surface area contributed by atoms with Crippen LogP contribution in [-0.2, 0) is 28.6 Å². The molecule has 0 saturated carbocycles. The van der Waals surface area contributed by atoms with Gasteiger partial charge in [-0.05, 0) is 77.0 Å². The minimum Gasteiger partial charge on any atom is -0.544 e. The predicted molar refractivity (Wildman–Crippen MR) is 212 cm³/mol. The van der Waals surface area contributed by atoms with E-state index in [4.69, 9.17) is 14.2 Å². The molecule has 0 amide bonds. The summed E-state index contributed by atoms with van der Waals surface area (Å²) in [6, 6.07) is -0.741. The summed E-state index contributed by atoms with van der Waals surface area (Å²) in [6.45, 7) is 4.35. The Kier molecular flexibility index (Phi) is 32.3. The second-order valence-corrected chi connectivity index (χ2v) is 13.8. The topological polar surface area (TPSA) is 102 Å². The van der Waals surface area contributed by atoms with Gasteiger partial charge in [0.2, 0.25) is 0 Å². The fourth-order valence-corrected chi connectivity index (χ4v) is 4.97. The number of carboxylic acids is 1. The number of carbonyl (C=O) groups excluding carboxylic acids is 3. The van der Waals surface area contributed by atoms with Gasteiger partial charge in [-0.1, -0.05) is 112 Å². The van der Waals surface area contributed by atoms with Gasteiger partial charge >= 0.3 is 11.9 Å². The lowest BCUT2D eigenvalue weighted by molar-refractivity contribution is -0.889. The third-order valence-corrected chi connectivity index (χ3v) is 8.03. The van der Waals surface area contributed by atoms with E-state index < -0.39 is 18.1 Å². The quantitative estimate of drug-likeness (QED) is 0.0288. The number of esters is 2. The van der Waals surface area contributed by atoms with Crippen molar-refractivity contribution in [2.45, 2.75) is 135 Å². The van der Waals surface area contributed by atoms with Crippen LogP contribution in [-0.4, -0.2) is 75.5 Å². The Balaban J connectivity index is 4.45. The fourth-order valence-electron chi connectivity index (χ4n) is 4.97. The van der Waals surface area contributed by atoms with E-state index in [9.17, 15) is 19.5 Å². The molecule has 8 heteroatoms. The summed E-state index contributed by atoms with van der Waals surface area (Å²) in [5.74, 6) is -1.88. The summed E-state index contributed by atoms with van der Waals surface area (Å²) < 4.78 is 16.9. The van der Waals surface area contributed by atoms with Crippen LogP contribution in [0.25, 0.3) is 0 Å². The molecule has 0 aliphatic rings. The molecule has 0 heterocycles. The molecule has 0 radical (unpaired) electrons. The second-order valence-electron chi connectivity index (χ2n) is 13.8. The maximum absolute atomic E-state index is 12.6. The maximum atomic E-state index is 12.6. The molecule has 2 unspecified atom stereocenters. The smallest absolute Gasteiger partial charge is 0.306 e. The van der Waals surface area contributed by atoms with Gasteiger partial charge in [0.25, 0.3) is 0 Å². The Labute approximate surface area is 316 Å². The molecule has 52 heavy (non-hydrogen) atoms. The van der Waals surface area contributed by atoms with Crippen molar-refractivity contribution in [3.8, 4) is 0 Å². The van der Waals surface area contributed by atoms with E-state index in [0.717, 1.165) is 64.2 Å². The summed E-state index contributed by atoms with van der Waals surface area (Å²) >= 11 is 0. The number of allylic oxidation sites excluding steroid dienone is 14. The average molecular weight is 726 g/mol.